The second-order valence-electron chi connectivity index (χ2n) is 6.80. The average Bonchev–Trinajstić information content (AvgIpc) is 3.32. The summed E-state index contributed by atoms with van der Waals surface area (Å²) >= 11 is 1.23. The van der Waals surface area contributed by atoms with Crippen molar-refractivity contribution >= 4 is 37.5 Å². The number of carbonyl (C=O) groups is 1. The number of carbonyl (C=O) groups excluding carboxylic acids is 1. The van der Waals surface area contributed by atoms with E-state index in [1.807, 2.05) is 6.92 Å². The van der Waals surface area contributed by atoms with Crippen molar-refractivity contribution in [2.45, 2.75) is 11.8 Å². The van der Waals surface area contributed by atoms with E-state index >= 15 is 0 Å². The Morgan fingerprint density at radius 1 is 1.12 bits per heavy atom. The van der Waals surface area contributed by atoms with E-state index in [-0.39, 0.29) is 23.9 Å². The minimum atomic E-state index is -3.77. The van der Waals surface area contributed by atoms with E-state index in [1.165, 1.54) is 47.7 Å². The number of sulfonamides is 1. The number of aromatic nitrogens is 2. The van der Waals surface area contributed by atoms with Gasteiger partial charge in [0, 0.05) is 5.39 Å². The van der Waals surface area contributed by atoms with Crippen LogP contribution in [0.25, 0.3) is 15.9 Å². The van der Waals surface area contributed by atoms with Crippen molar-refractivity contribution in [1.82, 2.24) is 9.78 Å². The Morgan fingerprint density at radius 2 is 1.81 bits per heavy atom. The Morgan fingerprint density at radius 3 is 2.47 bits per heavy atom. The normalized spacial score (nSPS) is 11.6. The van der Waals surface area contributed by atoms with E-state index in [2.05, 4.69) is 5.10 Å². The number of primary sulfonamides is 1. The Bertz CT molecular complexity index is 1380. The number of nitrogens with two attached hydrogens (primary N) is 1. The van der Waals surface area contributed by atoms with Gasteiger partial charge in [-0.05, 0) is 61.5 Å². The quantitative estimate of drug-likeness (QED) is 0.324. The maximum Gasteiger partial charge on any atom is 0.348 e. The number of fused-ring (bicyclic) bond motifs is 1. The molecule has 2 N–H and O–H groups in total. The molecule has 0 atom stereocenters. The fourth-order valence-electron chi connectivity index (χ4n) is 3.00. The van der Waals surface area contributed by atoms with Crippen molar-refractivity contribution in [2.75, 3.05) is 13.2 Å². The van der Waals surface area contributed by atoms with Gasteiger partial charge in [0.1, 0.15) is 34.5 Å². The highest BCUT2D eigenvalue weighted by Crippen LogP contribution is 2.31. The third-order valence-electron chi connectivity index (χ3n) is 4.55. The molecule has 2 heterocycles. The zero-order valence-electron chi connectivity index (χ0n) is 16.8. The van der Waals surface area contributed by atoms with Crippen molar-refractivity contribution in [2.24, 2.45) is 5.14 Å². The minimum Gasteiger partial charge on any atom is -0.490 e. The third-order valence-corrected chi connectivity index (χ3v) is 6.57. The highest BCUT2D eigenvalue weighted by molar-refractivity contribution is 7.89. The second kappa shape index (κ2) is 8.69. The number of hydrogen-bond acceptors (Lipinski definition) is 7. The van der Waals surface area contributed by atoms with E-state index in [0.29, 0.717) is 16.3 Å². The first-order valence-corrected chi connectivity index (χ1v) is 11.8. The molecular formula is C21H18FN3O5S2. The third kappa shape index (κ3) is 4.64. The van der Waals surface area contributed by atoms with Gasteiger partial charge in [-0.25, -0.2) is 27.4 Å². The number of thiophene rings is 1. The first kappa shape index (κ1) is 21.9. The van der Waals surface area contributed by atoms with Crippen LogP contribution in [0.1, 0.15) is 15.4 Å². The smallest absolute Gasteiger partial charge is 0.348 e. The molecule has 0 spiro atoms. The summed E-state index contributed by atoms with van der Waals surface area (Å²) < 4.78 is 48.1. The molecule has 0 fully saturated rings. The lowest BCUT2D eigenvalue weighted by Gasteiger charge is -2.07. The lowest BCUT2D eigenvalue weighted by Crippen LogP contribution is -2.13. The van der Waals surface area contributed by atoms with Gasteiger partial charge in [0.2, 0.25) is 10.0 Å². The molecule has 2 aromatic heterocycles. The predicted octanol–water partition coefficient (Wildman–Crippen LogP) is 3.42. The zero-order valence-corrected chi connectivity index (χ0v) is 18.5. The van der Waals surface area contributed by atoms with E-state index in [0.717, 1.165) is 15.9 Å². The van der Waals surface area contributed by atoms with Gasteiger partial charge < -0.3 is 9.47 Å². The van der Waals surface area contributed by atoms with Crippen LogP contribution in [0.3, 0.4) is 0 Å². The van der Waals surface area contributed by atoms with E-state index in [9.17, 15) is 17.6 Å². The number of halogens is 1. The summed E-state index contributed by atoms with van der Waals surface area (Å²) in [6, 6.07) is 13.3. The predicted molar refractivity (Wildman–Crippen MR) is 117 cm³/mol. The molecule has 4 aromatic rings. The lowest BCUT2D eigenvalue weighted by atomic mass is 10.3. The molecule has 32 heavy (non-hydrogen) atoms. The molecule has 2 aromatic carbocycles. The molecule has 0 aliphatic heterocycles. The molecule has 11 heteroatoms. The van der Waals surface area contributed by atoms with Crippen LogP contribution in [-0.4, -0.2) is 37.4 Å². The highest BCUT2D eigenvalue weighted by Gasteiger charge is 2.18. The molecular weight excluding hydrogens is 457 g/mol. The number of ether oxygens (including phenoxy) is 2. The van der Waals surface area contributed by atoms with Crippen molar-refractivity contribution in [3.05, 3.63) is 71.0 Å². The van der Waals surface area contributed by atoms with Crippen LogP contribution in [-0.2, 0) is 14.8 Å². The van der Waals surface area contributed by atoms with Crippen LogP contribution in [0.4, 0.5) is 4.39 Å². The molecule has 0 bridgehead atoms. The number of nitrogens with zero attached hydrogens (tertiary/aromatic N) is 2. The summed E-state index contributed by atoms with van der Waals surface area (Å²) in [4.78, 5) is 13.6. The molecule has 0 radical (unpaired) electrons. The van der Waals surface area contributed by atoms with Crippen LogP contribution < -0.4 is 9.88 Å². The maximum atomic E-state index is 13.2. The number of hydrogen-bond donors (Lipinski definition) is 1. The van der Waals surface area contributed by atoms with Crippen molar-refractivity contribution in [1.29, 1.82) is 0 Å². The van der Waals surface area contributed by atoms with Gasteiger partial charge in [0.05, 0.1) is 16.3 Å². The summed E-state index contributed by atoms with van der Waals surface area (Å²) in [5.41, 5.74) is 1.43. The van der Waals surface area contributed by atoms with Gasteiger partial charge in [-0.15, -0.1) is 11.3 Å². The molecule has 0 amide bonds. The molecule has 0 unspecified atom stereocenters. The topological polar surface area (TPSA) is 114 Å². The van der Waals surface area contributed by atoms with Crippen LogP contribution in [0.2, 0.25) is 0 Å². The van der Waals surface area contributed by atoms with Crippen LogP contribution in [0.15, 0.2) is 59.5 Å². The summed E-state index contributed by atoms with van der Waals surface area (Å²) in [6.07, 6.45) is 0. The van der Waals surface area contributed by atoms with Crippen molar-refractivity contribution in [3.8, 4) is 11.4 Å². The lowest BCUT2D eigenvalue weighted by molar-refractivity contribution is 0.0456. The Kier molecular flexibility index (Phi) is 5.96. The fraction of sp³-hybridized carbons (Fsp3) is 0.143. The Hall–Kier alpha value is -3.28. The minimum absolute atomic E-state index is 0.00703. The molecule has 0 saturated heterocycles. The summed E-state index contributed by atoms with van der Waals surface area (Å²) in [5, 5.41) is 10.3. The molecule has 0 aliphatic rings. The summed E-state index contributed by atoms with van der Waals surface area (Å²) in [5.74, 6) is -0.415. The molecule has 8 nitrogen and oxygen atoms in total. The average molecular weight is 476 g/mol. The van der Waals surface area contributed by atoms with Gasteiger partial charge >= 0.3 is 5.97 Å². The van der Waals surface area contributed by atoms with Gasteiger partial charge in [-0.2, -0.15) is 5.10 Å². The van der Waals surface area contributed by atoms with E-state index in [1.54, 1.807) is 22.9 Å². The molecule has 166 valence electrons. The van der Waals surface area contributed by atoms with Gasteiger partial charge in [0.15, 0.2) is 0 Å². The SMILES string of the molecule is Cc1nn(-c2ccc(F)cc2)c2sc(C(=O)OCCOc3ccc(S(N)(=O)=O)cc3)cc12. The number of rotatable bonds is 7. The largest absolute Gasteiger partial charge is 0.490 e. The maximum absolute atomic E-state index is 13.2. The zero-order chi connectivity index (χ0) is 22.9. The Labute approximate surface area is 187 Å². The standard InChI is InChI=1S/C21H18FN3O5S2/c1-13-18-12-19(31-20(18)25(24-13)15-4-2-14(22)3-5-15)21(26)30-11-10-29-16-6-8-17(9-7-16)32(23,27)28/h2-9,12H,10-11H2,1H3,(H2,23,27,28). The van der Waals surface area contributed by atoms with Gasteiger partial charge in [-0.1, -0.05) is 0 Å². The highest BCUT2D eigenvalue weighted by atomic mass is 32.2. The first-order chi connectivity index (χ1) is 15.2. The molecule has 0 saturated carbocycles. The van der Waals surface area contributed by atoms with Crippen molar-refractivity contribution < 1.29 is 27.1 Å². The summed E-state index contributed by atoms with van der Waals surface area (Å²) in [7, 11) is -3.77. The van der Waals surface area contributed by atoms with E-state index < -0.39 is 16.0 Å². The van der Waals surface area contributed by atoms with Crippen LogP contribution in [0.5, 0.6) is 5.75 Å². The van der Waals surface area contributed by atoms with E-state index in [4.69, 9.17) is 14.6 Å². The first-order valence-electron chi connectivity index (χ1n) is 9.40. The molecule has 0 aliphatic carbocycles. The summed E-state index contributed by atoms with van der Waals surface area (Å²) in [6.45, 7) is 1.93. The van der Waals surface area contributed by atoms with Gasteiger partial charge in [-0.3, -0.25) is 0 Å². The van der Waals surface area contributed by atoms with Crippen molar-refractivity contribution in [3.63, 3.8) is 0 Å². The van der Waals surface area contributed by atoms with Crippen LogP contribution in [0, 0.1) is 12.7 Å². The molecule has 4 rings (SSSR count). The number of benzene rings is 2. The van der Waals surface area contributed by atoms with Gasteiger partial charge in [0.25, 0.3) is 0 Å². The second-order valence-corrected chi connectivity index (χ2v) is 9.40. The fourth-order valence-corrected chi connectivity index (χ4v) is 4.59. The number of aryl methyl sites for hydroxylation is 1. The monoisotopic (exact) mass is 475 g/mol. The van der Waals surface area contributed by atoms with Crippen LogP contribution >= 0.6 is 11.3 Å². The number of esters is 1. The Balaban J connectivity index is 1.39.